The van der Waals surface area contributed by atoms with Crippen LogP contribution in [0.1, 0.15) is 34.5 Å². The molecule has 1 N–H and O–H groups in total. The van der Waals surface area contributed by atoms with E-state index in [1.54, 1.807) is 0 Å². The molecule has 2 heterocycles. The molecular weight excluding hydrogens is 292 g/mol. The Labute approximate surface area is 133 Å². The summed E-state index contributed by atoms with van der Waals surface area (Å²) in [4.78, 5) is 16.7. The van der Waals surface area contributed by atoms with Crippen LogP contribution in [0.3, 0.4) is 0 Å². The van der Waals surface area contributed by atoms with E-state index in [1.165, 1.54) is 0 Å². The van der Waals surface area contributed by atoms with Gasteiger partial charge in [-0.25, -0.2) is 4.98 Å². The summed E-state index contributed by atoms with van der Waals surface area (Å²) in [7, 11) is 0. The summed E-state index contributed by atoms with van der Waals surface area (Å²) >= 11 is 0. The number of aromatic nitrogens is 5. The van der Waals surface area contributed by atoms with Crippen molar-refractivity contribution < 1.29 is 4.79 Å². The van der Waals surface area contributed by atoms with Crippen LogP contribution in [0, 0.1) is 20.8 Å². The molecule has 1 amide bonds. The number of carbonyl (C=O) groups is 1. The zero-order chi connectivity index (χ0) is 16.6. The number of amides is 1. The van der Waals surface area contributed by atoms with Gasteiger partial charge in [-0.3, -0.25) is 9.48 Å². The Hall–Kier alpha value is -2.83. The van der Waals surface area contributed by atoms with Gasteiger partial charge in [0.05, 0.1) is 22.6 Å². The average Bonchev–Trinajstić information content (AvgIpc) is 2.81. The highest BCUT2D eigenvalue weighted by atomic mass is 16.2. The minimum absolute atomic E-state index is 0.0474. The van der Waals surface area contributed by atoms with Gasteiger partial charge in [-0.1, -0.05) is 6.07 Å². The monoisotopic (exact) mass is 310 g/mol. The van der Waals surface area contributed by atoms with Crippen molar-refractivity contribution in [3.8, 4) is 0 Å². The van der Waals surface area contributed by atoms with Gasteiger partial charge in [0.25, 0.3) is 5.91 Å². The Balaban J connectivity index is 1.93. The predicted octanol–water partition coefficient (Wildman–Crippen LogP) is 2.42. The number of anilines is 1. The first-order valence-electron chi connectivity index (χ1n) is 7.46. The quantitative estimate of drug-likeness (QED) is 0.803. The lowest BCUT2D eigenvalue weighted by Crippen LogP contribution is -2.17. The topological polar surface area (TPSA) is 85.6 Å². The second kappa shape index (κ2) is 5.75. The molecule has 0 saturated heterocycles. The number of hydrogen-bond donors (Lipinski definition) is 1. The van der Waals surface area contributed by atoms with Gasteiger partial charge in [0.1, 0.15) is 5.52 Å². The minimum atomic E-state index is -0.386. The van der Waals surface area contributed by atoms with Gasteiger partial charge < -0.3 is 5.32 Å². The molecule has 0 unspecified atom stereocenters. The first-order valence-corrected chi connectivity index (χ1v) is 7.46. The SMILES string of the molecule is CCn1nc(C)c(NC(=O)c2nnc3ccc(C)cc3n2)c1C. The summed E-state index contributed by atoms with van der Waals surface area (Å²) in [5, 5.41) is 15.2. The van der Waals surface area contributed by atoms with Gasteiger partial charge in [0.2, 0.25) is 5.82 Å². The normalized spacial score (nSPS) is 11.0. The number of hydrogen-bond acceptors (Lipinski definition) is 5. The third kappa shape index (κ3) is 2.77. The largest absolute Gasteiger partial charge is 0.316 e. The number of carbonyl (C=O) groups excluding carboxylic acids is 1. The van der Waals surface area contributed by atoms with Crippen molar-refractivity contribution in [2.45, 2.75) is 34.2 Å². The number of benzene rings is 1. The fraction of sp³-hybridized carbons (Fsp3) is 0.312. The summed E-state index contributed by atoms with van der Waals surface area (Å²) in [6, 6.07) is 5.66. The number of aryl methyl sites for hydroxylation is 3. The van der Waals surface area contributed by atoms with Gasteiger partial charge in [-0.05, 0) is 45.4 Å². The number of nitrogens with one attached hydrogen (secondary N) is 1. The molecule has 0 spiro atoms. The molecule has 0 atom stereocenters. The highest BCUT2D eigenvalue weighted by Crippen LogP contribution is 2.20. The molecule has 23 heavy (non-hydrogen) atoms. The zero-order valence-electron chi connectivity index (χ0n) is 13.6. The lowest BCUT2D eigenvalue weighted by Gasteiger charge is -2.05. The van der Waals surface area contributed by atoms with Crippen molar-refractivity contribution in [2.75, 3.05) is 5.32 Å². The Kier molecular flexibility index (Phi) is 3.77. The van der Waals surface area contributed by atoms with Crippen molar-refractivity contribution in [1.29, 1.82) is 0 Å². The van der Waals surface area contributed by atoms with Gasteiger partial charge in [-0.2, -0.15) is 5.10 Å². The van der Waals surface area contributed by atoms with Crippen LogP contribution < -0.4 is 5.32 Å². The number of fused-ring (bicyclic) bond motifs is 1. The summed E-state index contributed by atoms with van der Waals surface area (Å²) < 4.78 is 1.84. The summed E-state index contributed by atoms with van der Waals surface area (Å²) in [5.74, 6) is -0.339. The van der Waals surface area contributed by atoms with Crippen LogP contribution in [-0.4, -0.2) is 30.9 Å². The van der Waals surface area contributed by atoms with Crippen LogP contribution in [0.4, 0.5) is 5.69 Å². The van der Waals surface area contributed by atoms with E-state index in [2.05, 4.69) is 25.6 Å². The molecule has 0 aliphatic heterocycles. The number of rotatable bonds is 3. The molecule has 3 rings (SSSR count). The Morgan fingerprint density at radius 2 is 1.96 bits per heavy atom. The molecule has 0 bridgehead atoms. The maximum absolute atomic E-state index is 12.4. The molecule has 0 radical (unpaired) electrons. The first kappa shape index (κ1) is 15.1. The Morgan fingerprint density at radius 3 is 2.65 bits per heavy atom. The third-order valence-electron chi connectivity index (χ3n) is 3.73. The summed E-state index contributed by atoms with van der Waals surface area (Å²) in [6.45, 7) is 8.49. The molecule has 0 fully saturated rings. The minimum Gasteiger partial charge on any atom is -0.316 e. The van der Waals surface area contributed by atoms with E-state index in [-0.39, 0.29) is 11.7 Å². The predicted molar refractivity (Wildman–Crippen MR) is 87.4 cm³/mol. The molecule has 118 valence electrons. The second-order valence-corrected chi connectivity index (χ2v) is 5.44. The third-order valence-corrected chi connectivity index (χ3v) is 3.73. The molecule has 1 aromatic carbocycles. The van der Waals surface area contributed by atoms with Crippen molar-refractivity contribution >= 4 is 22.6 Å². The molecule has 0 aliphatic carbocycles. The van der Waals surface area contributed by atoms with E-state index in [0.29, 0.717) is 16.7 Å². The van der Waals surface area contributed by atoms with Crippen LogP contribution >= 0.6 is 0 Å². The van der Waals surface area contributed by atoms with Gasteiger partial charge in [-0.15, -0.1) is 10.2 Å². The van der Waals surface area contributed by atoms with E-state index in [4.69, 9.17) is 0 Å². The molecular formula is C16H18N6O. The van der Waals surface area contributed by atoms with Crippen molar-refractivity contribution in [3.05, 3.63) is 41.0 Å². The fourth-order valence-corrected chi connectivity index (χ4v) is 2.50. The van der Waals surface area contributed by atoms with Gasteiger partial charge in [0.15, 0.2) is 0 Å². The van der Waals surface area contributed by atoms with Gasteiger partial charge in [0, 0.05) is 6.54 Å². The van der Waals surface area contributed by atoms with Crippen molar-refractivity contribution in [2.24, 2.45) is 0 Å². The highest BCUT2D eigenvalue weighted by Gasteiger charge is 2.17. The molecule has 0 aliphatic rings. The van der Waals surface area contributed by atoms with Crippen LogP contribution in [0.25, 0.3) is 11.0 Å². The zero-order valence-corrected chi connectivity index (χ0v) is 13.6. The standard InChI is InChI=1S/C16H18N6O/c1-5-22-11(4)14(10(3)21-22)18-16(23)15-17-13-8-9(2)6-7-12(13)19-20-15/h6-8H,5H2,1-4H3,(H,18,23). The average molecular weight is 310 g/mol. The van der Waals surface area contributed by atoms with Crippen molar-refractivity contribution in [1.82, 2.24) is 25.0 Å². The van der Waals surface area contributed by atoms with E-state index >= 15 is 0 Å². The Morgan fingerprint density at radius 1 is 1.17 bits per heavy atom. The lowest BCUT2D eigenvalue weighted by molar-refractivity contribution is 0.101. The van der Waals surface area contributed by atoms with E-state index in [1.807, 2.05) is 50.6 Å². The summed E-state index contributed by atoms with van der Waals surface area (Å²) in [6.07, 6.45) is 0. The van der Waals surface area contributed by atoms with Gasteiger partial charge >= 0.3 is 0 Å². The molecule has 0 saturated carbocycles. The smallest absolute Gasteiger partial charge is 0.295 e. The fourth-order valence-electron chi connectivity index (χ4n) is 2.50. The molecule has 7 nitrogen and oxygen atoms in total. The maximum atomic E-state index is 12.4. The second-order valence-electron chi connectivity index (χ2n) is 5.44. The van der Waals surface area contributed by atoms with Crippen LogP contribution in [0.2, 0.25) is 0 Å². The van der Waals surface area contributed by atoms with E-state index in [0.717, 1.165) is 23.5 Å². The van der Waals surface area contributed by atoms with E-state index < -0.39 is 0 Å². The van der Waals surface area contributed by atoms with Crippen LogP contribution in [0.5, 0.6) is 0 Å². The molecule has 3 aromatic rings. The lowest BCUT2D eigenvalue weighted by atomic mass is 10.2. The molecule has 2 aromatic heterocycles. The number of nitrogens with zero attached hydrogens (tertiary/aromatic N) is 5. The highest BCUT2D eigenvalue weighted by molar-refractivity contribution is 6.02. The first-order chi connectivity index (χ1) is 11.0. The van der Waals surface area contributed by atoms with Crippen LogP contribution in [-0.2, 0) is 6.54 Å². The van der Waals surface area contributed by atoms with Crippen LogP contribution in [0.15, 0.2) is 18.2 Å². The van der Waals surface area contributed by atoms with Crippen molar-refractivity contribution in [3.63, 3.8) is 0 Å². The Bertz CT molecular complexity index is 899. The van der Waals surface area contributed by atoms with E-state index in [9.17, 15) is 4.79 Å². The summed E-state index contributed by atoms with van der Waals surface area (Å²) in [5.41, 5.74) is 4.75. The molecule has 7 heteroatoms. The maximum Gasteiger partial charge on any atom is 0.295 e.